The second kappa shape index (κ2) is 5.74. The molecule has 6 heteroatoms. The molecule has 0 aromatic heterocycles. The summed E-state index contributed by atoms with van der Waals surface area (Å²) in [6, 6.07) is 4.94. The van der Waals surface area contributed by atoms with Crippen molar-refractivity contribution in [3.05, 3.63) is 34.2 Å². The van der Waals surface area contributed by atoms with Crippen LogP contribution in [0.25, 0.3) is 0 Å². The molecule has 0 unspecified atom stereocenters. The first-order valence-electron chi connectivity index (χ1n) is 4.87. The van der Waals surface area contributed by atoms with Crippen LogP contribution in [-0.4, -0.2) is 25.5 Å². The second-order valence-corrected chi connectivity index (χ2v) is 3.32. The number of carbonyl (C=O) groups is 2. The smallest absolute Gasteiger partial charge is 0.339 e. The molecule has 6 nitrogen and oxygen atoms in total. The number of carbonyl (C=O) groups excluding carboxylic acids is 2. The minimum Gasteiger partial charge on any atom is -0.465 e. The van der Waals surface area contributed by atoms with Gasteiger partial charge in [0.2, 0.25) is 5.91 Å². The first kappa shape index (κ1) is 12.8. The standard InChI is InChI=1S/C11H12N2O4/c1-7-4-3-5-8(11(15)17-2)10(7)13-9(14)6-12-16/h3-5H,6H2,1-2H3,(H,13,14). The van der Waals surface area contributed by atoms with Crippen LogP contribution in [0.1, 0.15) is 15.9 Å². The highest BCUT2D eigenvalue weighted by atomic mass is 16.5. The number of ether oxygens (including phenoxy) is 1. The third kappa shape index (κ3) is 3.10. The predicted octanol–water partition coefficient (Wildman–Crippen LogP) is 1.49. The fourth-order valence-electron chi connectivity index (χ4n) is 1.35. The second-order valence-electron chi connectivity index (χ2n) is 3.32. The summed E-state index contributed by atoms with van der Waals surface area (Å²) in [5, 5.41) is 4.94. The van der Waals surface area contributed by atoms with Gasteiger partial charge in [-0.25, -0.2) is 4.79 Å². The van der Waals surface area contributed by atoms with Crippen LogP contribution in [0.15, 0.2) is 23.4 Å². The number of amides is 1. The Kier molecular flexibility index (Phi) is 4.33. The normalized spacial score (nSPS) is 9.53. The van der Waals surface area contributed by atoms with Gasteiger partial charge in [-0.3, -0.25) is 4.79 Å². The number of nitrogens with zero attached hydrogens (tertiary/aromatic N) is 1. The van der Waals surface area contributed by atoms with E-state index in [0.29, 0.717) is 11.3 Å². The third-order valence-corrected chi connectivity index (χ3v) is 2.15. The van der Waals surface area contributed by atoms with Crippen molar-refractivity contribution in [3.8, 4) is 0 Å². The topological polar surface area (TPSA) is 84.8 Å². The highest BCUT2D eigenvalue weighted by Gasteiger charge is 2.15. The summed E-state index contributed by atoms with van der Waals surface area (Å²) >= 11 is 0. The molecule has 1 aromatic rings. The van der Waals surface area contributed by atoms with Gasteiger partial charge in [-0.2, -0.15) is 4.91 Å². The van der Waals surface area contributed by atoms with Gasteiger partial charge >= 0.3 is 5.97 Å². The van der Waals surface area contributed by atoms with Crippen molar-refractivity contribution in [2.45, 2.75) is 6.92 Å². The SMILES string of the molecule is COC(=O)c1cccc(C)c1NC(=O)CN=O. The minimum absolute atomic E-state index is 0.242. The number of anilines is 1. The fourth-order valence-corrected chi connectivity index (χ4v) is 1.35. The summed E-state index contributed by atoms with van der Waals surface area (Å²) < 4.78 is 4.60. The number of rotatable bonds is 4. The molecule has 1 rings (SSSR count). The van der Waals surface area contributed by atoms with Gasteiger partial charge in [-0.1, -0.05) is 17.3 Å². The maximum absolute atomic E-state index is 11.5. The van der Waals surface area contributed by atoms with Crippen LogP contribution in [0.2, 0.25) is 0 Å². The number of nitrogens with one attached hydrogen (secondary N) is 1. The molecule has 0 bridgehead atoms. The molecule has 17 heavy (non-hydrogen) atoms. The number of benzene rings is 1. The monoisotopic (exact) mass is 236 g/mol. The van der Waals surface area contributed by atoms with Crippen LogP contribution >= 0.6 is 0 Å². The van der Waals surface area contributed by atoms with Gasteiger partial charge in [0.25, 0.3) is 0 Å². The Bertz CT molecular complexity index is 457. The van der Waals surface area contributed by atoms with Crippen LogP contribution in [0, 0.1) is 11.8 Å². The molecule has 0 spiro atoms. The number of aryl methyl sites for hydroxylation is 1. The van der Waals surface area contributed by atoms with Crippen molar-refractivity contribution in [2.24, 2.45) is 5.18 Å². The number of hydrogen-bond acceptors (Lipinski definition) is 5. The summed E-state index contributed by atoms with van der Waals surface area (Å²) in [6.07, 6.45) is 0. The average molecular weight is 236 g/mol. The number of nitroso groups, excluding NO2 is 1. The summed E-state index contributed by atoms with van der Waals surface area (Å²) in [4.78, 5) is 32.7. The first-order chi connectivity index (χ1) is 8.10. The van der Waals surface area contributed by atoms with E-state index in [4.69, 9.17) is 0 Å². The van der Waals surface area contributed by atoms with E-state index in [9.17, 15) is 14.5 Å². The number of methoxy groups -OCH3 is 1. The summed E-state index contributed by atoms with van der Waals surface area (Å²) in [6.45, 7) is 1.24. The van der Waals surface area contributed by atoms with Gasteiger partial charge in [-0.05, 0) is 18.6 Å². The molecule has 0 radical (unpaired) electrons. The van der Waals surface area contributed by atoms with E-state index >= 15 is 0 Å². The van der Waals surface area contributed by atoms with Crippen molar-refractivity contribution < 1.29 is 14.3 Å². The molecule has 0 fully saturated rings. The lowest BCUT2D eigenvalue weighted by Gasteiger charge is -2.11. The van der Waals surface area contributed by atoms with Crippen LogP contribution < -0.4 is 5.32 Å². The Balaban J connectivity index is 3.07. The zero-order chi connectivity index (χ0) is 12.8. The molecule has 0 aliphatic heterocycles. The Hall–Kier alpha value is -2.24. The van der Waals surface area contributed by atoms with Gasteiger partial charge in [0.05, 0.1) is 18.4 Å². The van der Waals surface area contributed by atoms with Crippen LogP contribution in [0.5, 0.6) is 0 Å². The Morgan fingerprint density at radius 2 is 2.12 bits per heavy atom. The zero-order valence-electron chi connectivity index (χ0n) is 9.52. The highest BCUT2D eigenvalue weighted by molar-refractivity contribution is 6.02. The first-order valence-corrected chi connectivity index (χ1v) is 4.87. The van der Waals surface area contributed by atoms with E-state index < -0.39 is 18.4 Å². The van der Waals surface area contributed by atoms with Gasteiger partial charge in [0.15, 0.2) is 6.54 Å². The average Bonchev–Trinajstić information content (AvgIpc) is 2.31. The fraction of sp³-hybridized carbons (Fsp3) is 0.273. The molecule has 1 amide bonds. The van der Waals surface area contributed by atoms with Gasteiger partial charge in [0, 0.05) is 0 Å². The quantitative estimate of drug-likeness (QED) is 0.634. The van der Waals surface area contributed by atoms with E-state index in [1.165, 1.54) is 13.2 Å². The molecule has 1 aromatic carbocycles. The van der Waals surface area contributed by atoms with E-state index in [1.807, 2.05) is 0 Å². The van der Waals surface area contributed by atoms with Crippen molar-refractivity contribution in [2.75, 3.05) is 19.0 Å². The molecule has 0 aliphatic rings. The molecule has 90 valence electrons. The van der Waals surface area contributed by atoms with Crippen molar-refractivity contribution in [1.29, 1.82) is 0 Å². The van der Waals surface area contributed by atoms with Crippen LogP contribution in [-0.2, 0) is 9.53 Å². The number of esters is 1. The lowest BCUT2D eigenvalue weighted by atomic mass is 10.1. The van der Waals surface area contributed by atoms with Gasteiger partial charge < -0.3 is 10.1 Å². The third-order valence-electron chi connectivity index (χ3n) is 2.15. The highest BCUT2D eigenvalue weighted by Crippen LogP contribution is 2.21. The van der Waals surface area contributed by atoms with Crippen LogP contribution in [0.4, 0.5) is 5.69 Å². The molecule has 0 atom stereocenters. The predicted molar refractivity (Wildman–Crippen MR) is 61.8 cm³/mol. The Morgan fingerprint density at radius 3 is 2.71 bits per heavy atom. The number of hydrogen-bond donors (Lipinski definition) is 1. The molecular formula is C11H12N2O4. The summed E-state index contributed by atoms with van der Waals surface area (Å²) in [5.41, 5.74) is 1.28. The lowest BCUT2D eigenvalue weighted by Crippen LogP contribution is -2.18. The van der Waals surface area contributed by atoms with E-state index in [-0.39, 0.29) is 5.56 Å². The van der Waals surface area contributed by atoms with Crippen molar-refractivity contribution in [1.82, 2.24) is 0 Å². The summed E-state index contributed by atoms with van der Waals surface area (Å²) in [5.74, 6) is -1.12. The van der Waals surface area contributed by atoms with E-state index in [1.54, 1.807) is 19.1 Å². The Labute approximate surface area is 97.9 Å². The van der Waals surface area contributed by atoms with Crippen molar-refractivity contribution >= 4 is 17.6 Å². The molecule has 0 saturated carbocycles. The van der Waals surface area contributed by atoms with Crippen LogP contribution in [0.3, 0.4) is 0 Å². The largest absolute Gasteiger partial charge is 0.465 e. The molecule has 0 saturated heterocycles. The Morgan fingerprint density at radius 1 is 1.41 bits per heavy atom. The molecule has 0 aliphatic carbocycles. The molecular weight excluding hydrogens is 224 g/mol. The van der Waals surface area contributed by atoms with E-state index in [0.717, 1.165) is 0 Å². The minimum atomic E-state index is -0.570. The lowest BCUT2D eigenvalue weighted by molar-refractivity contribution is -0.114. The zero-order valence-corrected chi connectivity index (χ0v) is 9.52. The molecule has 0 heterocycles. The van der Waals surface area contributed by atoms with Gasteiger partial charge in [0.1, 0.15) is 0 Å². The van der Waals surface area contributed by atoms with E-state index in [2.05, 4.69) is 15.2 Å². The maximum Gasteiger partial charge on any atom is 0.339 e. The maximum atomic E-state index is 11.5. The van der Waals surface area contributed by atoms with Crippen molar-refractivity contribution in [3.63, 3.8) is 0 Å². The van der Waals surface area contributed by atoms with Gasteiger partial charge in [-0.15, -0.1) is 0 Å². The number of para-hydroxylation sites is 1. The summed E-state index contributed by atoms with van der Waals surface area (Å²) in [7, 11) is 1.25. The molecule has 1 N–H and O–H groups in total.